The van der Waals surface area contributed by atoms with Crippen LogP contribution in [-0.2, 0) is 20.1 Å². The van der Waals surface area contributed by atoms with Crippen LogP contribution in [0.2, 0.25) is 0 Å². The number of nitriles is 2. The van der Waals surface area contributed by atoms with Gasteiger partial charge in [-0.2, -0.15) is 10.5 Å². The van der Waals surface area contributed by atoms with Crippen LogP contribution in [0.5, 0.6) is 0 Å². The molecule has 4 rings (SSSR count). The molecule has 4 aromatic rings. The Morgan fingerprint density at radius 3 is 1.83 bits per heavy atom. The minimum absolute atomic E-state index is 0. The number of benzene rings is 3. The summed E-state index contributed by atoms with van der Waals surface area (Å²) in [5, 5.41) is 18.2. The normalized spacial score (nSPS) is 9.67. The molecular formula is C25H15IrN4-. The third-order valence-electron chi connectivity index (χ3n) is 4.49. The first-order chi connectivity index (χ1) is 14.3. The molecule has 4 nitrogen and oxygen atoms in total. The first kappa shape index (κ1) is 21.0. The Labute approximate surface area is 189 Å². The van der Waals surface area contributed by atoms with E-state index in [4.69, 9.17) is 10.5 Å². The number of anilines is 3. The number of hydrogen-bond donors (Lipinski definition) is 0. The Kier molecular flexibility index (Phi) is 6.73. The Morgan fingerprint density at radius 1 is 0.733 bits per heavy atom. The molecular weight excluding hydrogens is 549 g/mol. The summed E-state index contributed by atoms with van der Waals surface area (Å²) in [6, 6.07) is 34.0. The minimum atomic E-state index is 0. The maximum Gasteiger partial charge on any atom is 0.0991 e. The molecule has 0 aliphatic rings. The average molecular weight is 564 g/mol. The summed E-state index contributed by atoms with van der Waals surface area (Å²) in [6.45, 7) is 0. The van der Waals surface area contributed by atoms with Crippen molar-refractivity contribution in [2.45, 2.75) is 0 Å². The summed E-state index contributed by atoms with van der Waals surface area (Å²) in [5.41, 5.74) is 5.68. The summed E-state index contributed by atoms with van der Waals surface area (Å²) in [7, 11) is 0. The van der Waals surface area contributed by atoms with Gasteiger partial charge in [0.1, 0.15) is 0 Å². The van der Waals surface area contributed by atoms with Gasteiger partial charge in [-0.25, -0.2) is 0 Å². The molecule has 145 valence electrons. The number of aromatic nitrogens is 1. The van der Waals surface area contributed by atoms with Crippen molar-refractivity contribution in [1.82, 2.24) is 4.98 Å². The first-order valence-corrected chi connectivity index (χ1v) is 9.02. The van der Waals surface area contributed by atoms with Crippen LogP contribution in [0.3, 0.4) is 0 Å². The molecule has 0 aliphatic carbocycles. The third kappa shape index (κ3) is 4.45. The minimum Gasteiger partial charge on any atom is -0.328 e. The number of rotatable bonds is 4. The van der Waals surface area contributed by atoms with Crippen LogP contribution < -0.4 is 4.90 Å². The molecule has 3 aromatic carbocycles. The van der Waals surface area contributed by atoms with E-state index in [1.807, 2.05) is 60.7 Å². The molecule has 1 heterocycles. The van der Waals surface area contributed by atoms with Gasteiger partial charge in [-0.3, -0.25) is 0 Å². The molecule has 0 aliphatic heterocycles. The molecule has 5 heteroatoms. The average Bonchev–Trinajstić information content (AvgIpc) is 2.81. The summed E-state index contributed by atoms with van der Waals surface area (Å²) in [6.07, 6.45) is 1.76. The van der Waals surface area contributed by atoms with Crippen molar-refractivity contribution >= 4 is 17.1 Å². The maximum atomic E-state index is 9.12. The molecule has 0 saturated carbocycles. The Balaban J connectivity index is 0.00000256. The van der Waals surface area contributed by atoms with E-state index in [1.165, 1.54) is 0 Å². The van der Waals surface area contributed by atoms with E-state index in [9.17, 15) is 0 Å². The van der Waals surface area contributed by atoms with Gasteiger partial charge >= 0.3 is 0 Å². The summed E-state index contributed by atoms with van der Waals surface area (Å²) < 4.78 is 0. The van der Waals surface area contributed by atoms with Gasteiger partial charge in [-0.05, 0) is 66.0 Å². The molecule has 0 spiro atoms. The Bertz CT molecular complexity index is 1150. The van der Waals surface area contributed by atoms with E-state index < -0.39 is 0 Å². The monoisotopic (exact) mass is 564 g/mol. The van der Waals surface area contributed by atoms with Crippen LogP contribution in [0.25, 0.3) is 11.3 Å². The van der Waals surface area contributed by atoms with E-state index >= 15 is 0 Å². The van der Waals surface area contributed by atoms with Gasteiger partial charge in [0, 0.05) is 37.7 Å². The summed E-state index contributed by atoms with van der Waals surface area (Å²) in [4.78, 5) is 6.49. The third-order valence-corrected chi connectivity index (χ3v) is 4.49. The van der Waals surface area contributed by atoms with Gasteiger partial charge in [0.05, 0.1) is 23.3 Å². The largest absolute Gasteiger partial charge is 0.328 e. The van der Waals surface area contributed by atoms with Crippen LogP contribution in [0.15, 0.2) is 91.1 Å². The van der Waals surface area contributed by atoms with Crippen molar-refractivity contribution in [1.29, 1.82) is 10.5 Å². The summed E-state index contributed by atoms with van der Waals surface area (Å²) >= 11 is 0. The zero-order chi connectivity index (χ0) is 20.1. The summed E-state index contributed by atoms with van der Waals surface area (Å²) in [5.74, 6) is 0. The van der Waals surface area contributed by atoms with Crippen molar-refractivity contribution in [2.24, 2.45) is 0 Å². The molecule has 1 aromatic heterocycles. The van der Waals surface area contributed by atoms with Crippen LogP contribution >= 0.6 is 0 Å². The second kappa shape index (κ2) is 9.63. The van der Waals surface area contributed by atoms with Gasteiger partial charge in [0.15, 0.2) is 0 Å². The van der Waals surface area contributed by atoms with Gasteiger partial charge < -0.3 is 9.88 Å². The molecule has 0 unspecified atom stereocenters. The van der Waals surface area contributed by atoms with Crippen LogP contribution in [-0.4, -0.2) is 4.98 Å². The number of nitrogens with zero attached hydrogens (tertiary/aromatic N) is 4. The molecule has 0 saturated heterocycles. The Hall–Kier alpha value is -3.76. The molecule has 30 heavy (non-hydrogen) atoms. The first-order valence-electron chi connectivity index (χ1n) is 9.02. The van der Waals surface area contributed by atoms with Gasteiger partial charge in [0.2, 0.25) is 0 Å². The maximum absolute atomic E-state index is 9.12. The standard InChI is InChI=1S/C25H15N4.Ir/c26-17-19-7-11-22(12-8-19)29(23-13-9-20(18-27)10-14-23)24-5-3-4-21(16-24)25-6-1-2-15-28-25;/h1-3,5-16H;/q-1;. The van der Waals surface area contributed by atoms with Crippen LogP contribution in [0, 0.1) is 28.7 Å². The second-order valence-electron chi connectivity index (χ2n) is 6.33. The fourth-order valence-electron chi connectivity index (χ4n) is 3.08. The molecule has 0 fully saturated rings. The molecule has 0 bridgehead atoms. The van der Waals surface area contributed by atoms with E-state index in [0.717, 1.165) is 28.3 Å². The predicted octanol–water partition coefficient (Wildman–Crippen LogP) is 5.76. The predicted molar refractivity (Wildman–Crippen MR) is 113 cm³/mol. The molecule has 0 amide bonds. The fraction of sp³-hybridized carbons (Fsp3) is 0. The van der Waals surface area contributed by atoms with Crippen molar-refractivity contribution in [3.8, 4) is 23.4 Å². The molecule has 0 atom stereocenters. The second-order valence-corrected chi connectivity index (χ2v) is 6.33. The number of hydrogen-bond acceptors (Lipinski definition) is 4. The van der Waals surface area contributed by atoms with Crippen LogP contribution in [0.4, 0.5) is 17.1 Å². The van der Waals surface area contributed by atoms with Crippen molar-refractivity contribution < 1.29 is 20.1 Å². The Morgan fingerprint density at radius 2 is 1.33 bits per heavy atom. The number of pyridine rings is 1. The molecule has 1 radical (unpaired) electrons. The van der Waals surface area contributed by atoms with E-state index in [0.29, 0.717) is 11.1 Å². The van der Waals surface area contributed by atoms with Crippen molar-refractivity contribution in [3.05, 3.63) is 108 Å². The van der Waals surface area contributed by atoms with Crippen molar-refractivity contribution in [2.75, 3.05) is 4.90 Å². The van der Waals surface area contributed by atoms with E-state index in [-0.39, 0.29) is 20.1 Å². The van der Waals surface area contributed by atoms with E-state index in [2.05, 4.69) is 28.1 Å². The van der Waals surface area contributed by atoms with Crippen LogP contribution in [0.1, 0.15) is 11.1 Å². The fourth-order valence-corrected chi connectivity index (χ4v) is 3.08. The van der Waals surface area contributed by atoms with Gasteiger partial charge in [-0.1, -0.05) is 12.1 Å². The van der Waals surface area contributed by atoms with Gasteiger partial charge in [0.25, 0.3) is 0 Å². The molecule has 0 N–H and O–H groups in total. The smallest absolute Gasteiger partial charge is 0.0991 e. The van der Waals surface area contributed by atoms with Gasteiger partial charge in [-0.15, -0.1) is 29.8 Å². The zero-order valence-electron chi connectivity index (χ0n) is 15.8. The topological polar surface area (TPSA) is 63.7 Å². The van der Waals surface area contributed by atoms with E-state index in [1.54, 1.807) is 30.5 Å². The quantitative estimate of drug-likeness (QED) is 0.296. The SMILES string of the molecule is N#Cc1ccc(N(c2ccc(C#N)cc2)c2cc[c-]c(-c3ccccn3)c2)cc1.[Ir]. The van der Waals surface area contributed by atoms with Crippen molar-refractivity contribution in [3.63, 3.8) is 0 Å². The zero-order valence-corrected chi connectivity index (χ0v) is 18.2.